The van der Waals surface area contributed by atoms with E-state index in [0.717, 1.165) is 18.4 Å². The van der Waals surface area contributed by atoms with Gasteiger partial charge in [-0.2, -0.15) is 0 Å². The fourth-order valence-electron chi connectivity index (χ4n) is 2.76. The fraction of sp³-hybridized carbons (Fsp3) is 0.238. The zero-order valence-corrected chi connectivity index (χ0v) is 15.0. The molecule has 1 aliphatic rings. The van der Waals surface area contributed by atoms with E-state index in [0.29, 0.717) is 17.7 Å². The summed E-state index contributed by atoms with van der Waals surface area (Å²) in [4.78, 5) is 42.3. The van der Waals surface area contributed by atoms with Crippen molar-refractivity contribution in [2.24, 2.45) is 0 Å². The van der Waals surface area contributed by atoms with Crippen molar-refractivity contribution in [3.05, 3.63) is 65.0 Å². The van der Waals surface area contributed by atoms with Gasteiger partial charge in [0.2, 0.25) is 0 Å². The Morgan fingerprint density at radius 1 is 1.19 bits per heavy atom. The summed E-state index contributed by atoms with van der Waals surface area (Å²) in [7, 11) is 0. The lowest BCUT2D eigenvalue weighted by Crippen LogP contribution is -2.30. The summed E-state index contributed by atoms with van der Waals surface area (Å²) < 4.78 is 0. The van der Waals surface area contributed by atoms with E-state index in [1.54, 1.807) is 24.5 Å². The smallest absolute Gasteiger partial charge is 0.261 e. The second kappa shape index (κ2) is 8.28. The summed E-state index contributed by atoms with van der Waals surface area (Å²) in [5, 5.41) is 2.69. The summed E-state index contributed by atoms with van der Waals surface area (Å²) in [6.45, 7) is 2.56. The Kier molecular flexibility index (Phi) is 5.62. The maximum Gasteiger partial charge on any atom is 0.261 e. The number of unbranched alkanes of at least 4 members (excludes halogenated alkanes) is 1. The number of pyridine rings is 1. The minimum atomic E-state index is -0.342. The molecule has 0 unspecified atom stereocenters. The average Bonchev–Trinajstić information content (AvgIpc) is 2.94. The summed E-state index contributed by atoms with van der Waals surface area (Å²) in [5.41, 5.74) is 1.73. The van der Waals surface area contributed by atoms with E-state index in [-0.39, 0.29) is 29.8 Å². The molecule has 136 valence electrons. The van der Waals surface area contributed by atoms with Crippen LogP contribution < -0.4 is 5.32 Å². The van der Waals surface area contributed by atoms with Crippen molar-refractivity contribution in [3.8, 4) is 11.8 Å². The van der Waals surface area contributed by atoms with E-state index in [2.05, 4.69) is 22.1 Å². The number of amides is 3. The third-order valence-corrected chi connectivity index (χ3v) is 4.20. The van der Waals surface area contributed by atoms with Gasteiger partial charge in [-0.15, -0.1) is 0 Å². The van der Waals surface area contributed by atoms with E-state index in [4.69, 9.17) is 0 Å². The Hall–Kier alpha value is -3.46. The molecule has 27 heavy (non-hydrogen) atoms. The molecule has 1 aliphatic heterocycles. The highest BCUT2D eigenvalue weighted by molar-refractivity contribution is 6.22. The highest BCUT2D eigenvalue weighted by Gasteiger charge is 2.35. The number of carbonyl (C=O) groups excluding carboxylic acids is 3. The molecule has 0 saturated heterocycles. The predicted octanol–water partition coefficient (Wildman–Crippen LogP) is 2.26. The van der Waals surface area contributed by atoms with Gasteiger partial charge in [0, 0.05) is 30.1 Å². The van der Waals surface area contributed by atoms with Crippen molar-refractivity contribution < 1.29 is 14.4 Å². The van der Waals surface area contributed by atoms with Gasteiger partial charge in [-0.3, -0.25) is 24.3 Å². The number of nitrogens with zero attached hydrogens (tertiary/aromatic N) is 2. The number of imide groups is 1. The van der Waals surface area contributed by atoms with Crippen molar-refractivity contribution in [1.29, 1.82) is 0 Å². The standard InChI is InChI=1S/C21H19N3O3/c1-2-3-12-24-20(26)17-9-8-16(13-18(17)21(24)27)19(25)23-11-5-7-15-6-4-10-22-14-15/h4,6,8-10,13-14H,2-3,11-12H2,1H3,(H,23,25). The van der Waals surface area contributed by atoms with Crippen LogP contribution in [-0.2, 0) is 0 Å². The van der Waals surface area contributed by atoms with Gasteiger partial charge >= 0.3 is 0 Å². The zero-order valence-electron chi connectivity index (χ0n) is 15.0. The molecule has 0 atom stereocenters. The molecular weight excluding hydrogens is 342 g/mol. The molecule has 0 fully saturated rings. The van der Waals surface area contributed by atoms with Crippen LogP contribution in [0.15, 0.2) is 42.7 Å². The van der Waals surface area contributed by atoms with Crippen molar-refractivity contribution in [2.45, 2.75) is 19.8 Å². The Morgan fingerprint density at radius 3 is 2.74 bits per heavy atom. The number of fused-ring (bicyclic) bond motifs is 1. The molecule has 1 N–H and O–H groups in total. The molecule has 6 heteroatoms. The third kappa shape index (κ3) is 4.04. The summed E-state index contributed by atoms with van der Waals surface area (Å²) >= 11 is 0. The van der Waals surface area contributed by atoms with E-state index in [1.165, 1.54) is 17.0 Å². The van der Waals surface area contributed by atoms with Crippen molar-refractivity contribution in [1.82, 2.24) is 15.2 Å². The molecular formula is C21H19N3O3. The lowest BCUT2D eigenvalue weighted by molar-refractivity contribution is 0.0652. The van der Waals surface area contributed by atoms with Crippen molar-refractivity contribution >= 4 is 17.7 Å². The molecule has 1 aromatic carbocycles. The second-order valence-electron chi connectivity index (χ2n) is 6.10. The topological polar surface area (TPSA) is 79.4 Å². The van der Waals surface area contributed by atoms with Crippen LogP contribution in [0.3, 0.4) is 0 Å². The van der Waals surface area contributed by atoms with Crippen LogP contribution in [0.1, 0.15) is 56.4 Å². The largest absolute Gasteiger partial charge is 0.341 e. The van der Waals surface area contributed by atoms with Gasteiger partial charge in [0.1, 0.15) is 0 Å². The first-order chi connectivity index (χ1) is 13.1. The van der Waals surface area contributed by atoms with Crippen LogP contribution >= 0.6 is 0 Å². The second-order valence-corrected chi connectivity index (χ2v) is 6.10. The first kappa shape index (κ1) is 18.3. The lowest BCUT2D eigenvalue weighted by Gasteiger charge is -2.12. The van der Waals surface area contributed by atoms with Gasteiger partial charge in [-0.1, -0.05) is 25.2 Å². The molecule has 0 radical (unpaired) electrons. The highest BCUT2D eigenvalue weighted by atomic mass is 16.2. The summed E-state index contributed by atoms with van der Waals surface area (Å²) in [5.74, 6) is 4.77. The number of aromatic nitrogens is 1. The van der Waals surface area contributed by atoms with Gasteiger partial charge in [0.15, 0.2) is 0 Å². The summed E-state index contributed by atoms with van der Waals surface area (Å²) in [6.07, 6.45) is 4.95. The normalized spacial score (nSPS) is 12.4. The fourth-order valence-corrected chi connectivity index (χ4v) is 2.76. The number of nitrogens with one attached hydrogen (secondary N) is 1. The molecule has 3 rings (SSSR count). The van der Waals surface area contributed by atoms with Crippen LogP contribution in [0.5, 0.6) is 0 Å². The van der Waals surface area contributed by atoms with Crippen LogP contribution in [0.4, 0.5) is 0 Å². The number of rotatable bonds is 5. The first-order valence-corrected chi connectivity index (χ1v) is 8.79. The maximum atomic E-state index is 12.5. The van der Waals surface area contributed by atoms with E-state index in [9.17, 15) is 14.4 Å². The molecule has 3 amide bonds. The van der Waals surface area contributed by atoms with Crippen molar-refractivity contribution in [3.63, 3.8) is 0 Å². The van der Waals surface area contributed by atoms with Crippen molar-refractivity contribution in [2.75, 3.05) is 13.1 Å². The molecule has 0 spiro atoms. The van der Waals surface area contributed by atoms with Gasteiger partial charge in [0.05, 0.1) is 17.7 Å². The monoisotopic (exact) mass is 361 g/mol. The SMILES string of the molecule is CCCCN1C(=O)c2ccc(C(=O)NCC#Cc3cccnc3)cc2C1=O. The van der Waals surface area contributed by atoms with Gasteiger partial charge in [-0.05, 0) is 36.8 Å². The number of hydrogen-bond acceptors (Lipinski definition) is 4. The molecule has 0 saturated carbocycles. The minimum Gasteiger partial charge on any atom is -0.341 e. The van der Waals surface area contributed by atoms with Crippen LogP contribution in [0, 0.1) is 11.8 Å². The third-order valence-electron chi connectivity index (χ3n) is 4.20. The molecule has 0 bridgehead atoms. The van der Waals surface area contributed by atoms with E-state index >= 15 is 0 Å². The number of benzene rings is 1. The maximum absolute atomic E-state index is 12.5. The highest BCUT2D eigenvalue weighted by Crippen LogP contribution is 2.24. The quantitative estimate of drug-likeness (QED) is 0.654. The number of carbonyl (C=O) groups is 3. The van der Waals surface area contributed by atoms with E-state index < -0.39 is 0 Å². The number of hydrogen-bond donors (Lipinski definition) is 1. The van der Waals surface area contributed by atoms with Crippen LogP contribution in [0.25, 0.3) is 0 Å². The lowest BCUT2D eigenvalue weighted by atomic mass is 10.1. The van der Waals surface area contributed by atoms with Gasteiger partial charge < -0.3 is 5.32 Å². The summed E-state index contributed by atoms with van der Waals surface area (Å²) in [6, 6.07) is 8.19. The first-order valence-electron chi connectivity index (χ1n) is 8.79. The van der Waals surface area contributed by atoms with Crippen LogP contribution in [0.2, 0.25) is 0 Å². The molecule has 2 aromatic rings. The average molecular weight is 361 g/mol. The zero-order chi connectivity index (χ0) is 19.2. The Morgan fingerprint density at radius 2 is 2.00 bits per heavy atom. The molecule has 2 heterocycles. The predicted molar refractivity (Wildman–Crippen MR) is 100 cm³/mol. The molecule has 1 aromatic heterocycles. The van der Waals surface area contributed by atoms with Crippen LogP contribution in [-0.4, -0.2) is 40.7 Å². The van der Waals surface area contributed by atoms with Gasteiger partial charge in [0.25, 0.3) is 17.7 Å². The Bertz CT molecular complexity index is 942. The van der Waals surface area contributed by atoms with Gasteiger partial charge in [-0.25, -0.2) is 0 Å². The molecule has 0 aliphatic carbocycles. The Balaban J connectivity index is 1.66. The molecule has 6 nitrogen and oxygen atoms in total. The minimum absolute atomic E-state index is 0.167. The van der Waals surface area contributed by atoms with E-state index in [1.807, 2.05) is 13.0 Å². The Labute approximate surface area is 157 Å².